The lowest BCUT2D eigenvalue weighted by Crippen LogP contribution is -2.35. The van der Waals surface area contributed by atoms with Gasteiger partial charge in [-0.25, -0.2) is 19.7 Å². The average molecular weight is 490 g/mol. The van der Waals surface area contributed by atoms with Crippen molar-refractivity contribution in [2.75, 3.05) is 24.5 Å². The van der Waals surface area contributed by atoms with Gasteiger partial charge in [0.25, 0.3) is 0 Å². The highest BCUT2D eigenvalue weighted by Gasteiger charge is 2.69. The fourth-order valence-electron chi connectivity index (χ4n) is 6.34. The van der Waals surface area contributed by atoms with E-state index in [2.05, 4.69) is 26.6 Å². The molecule has 0 amide bonds. The first-order chi connectivity index (χ1) is 16.9. The van der Waals surface area contributed by atoms with Crippen LogP contribution in [-0.4, -0.2) is 53.9 Å². The highest BCUT2D eigenvalue weighted by atomic mass is 32.1. The second kappa shape index (κ2) is 7.11. The first kappa shape index (κ1) is 21.0. The molecule has 180 valence electrons. The standard InChI is InChI=1S/C24H27N9OS/c1-12-10-35-22(27-12)24(11-25)14-8-33(9-15(14)24)18-7-26-20-19(29-30-21(20)28-18)13-4-5-16-17(6-13)32(3)23(34)31(16)2/h4,7,10,14-15H,5-6,8-9,11,25H2,1-3H3,(H,28,29,30)/t14-,15+,24?. The van der Waals surface area contributed by atoms with E-state index in [1.807, 2.05) is 27.2 Å². The van der Waals surface area contributed by atoms with Gasteiger partial charge in [-0.05, 0) is 24.3 Å². The molecule has 7 rings (SSSR count). The molecule has 5 heterocycles. The summed E-state index contributed by atoms with van der Waals surface area (Å²) in [5.41, 5.74) is 12.8. The highest BCUT2D eigenvalue weighted by Crippen LogP contribution is 2.63. The Morgan fingerprint density at radius 1 is 1.20 bits per heavy atom. The number of nitrogens with two attached hydrogens (primary N) is 1. The topological polar surface area (TPSA) is 124 Å². The molecule has 1 aliphatic heterocycles. The fourth-order valence-corrected chi connectivity index (χ4v) is 7.48. The van der Waals surface area contributed by atoms with Crippen LogP contribution in [0, 0.1) is 18.8 Å². The molecule has 0 radical (unpaired) electrons. The third-order valence-electron chi connectivity index (χ3n) is 8.40. The number of aromatic amines is 1. The van der Waals surface area contributed by atoms with E-state index in [0.717, 1.165) is 52.8 Å². The Morgan fingerprint density at radius 2 is 1.97 bits per heavy atom. The molecular formula is C24H27N9OS. The normalized spacial score (nSPS) is 25.1. The average Bonchev–Trinajstić information content (AvgIpc) is 3.42. The van der Waals surface area contributed by atoms with Gasteiger partial charge < -0.3 is 10.6 Å². The minimum absolute atomic E-state index is 0.0101. The summed E-state index contributed by atoms with van der Waals surface area (Å²) in [5.74, 6) is 1.86. The monoisotopic (exact) mass is 489 g/mol. The number of allylic oxidation sites excluding steroid dienone is 2. The van der Waals surface area contributed by atoms with E-state index in [4.69, 9.17) is 20.7 Å². The molecule has 11 heteroatoms. The Labute approximate surface area is 205 Å². The molecule has 3 N–H and O–H groups in total. The summed E-state index contributed by atoms with van der Waals surface area (Å²) in [6.07, 6.45) is 5.39. The number of aromatic nitrogens is 7. The second-order valence-corrected chi connectivity index (χ2v) is 10.9. The van der Waals surface area contributed by atoms with E-state index in [9.17, 15) is 4.79 Å². The molecule has 1 unspecified atom stereocenters. The quantitative estimate of drug-likeness (QED) is 0.443. The minimum Gasteiger partial charge on any atom is -0.355 e. The minimum atomic E-state index is 0.0101. The SMILES string of the molecule is Cc1csc(C2(CN)[C@@H]3CN(c4cnc5c(C6=CCc7c(n(C)c(=O)n7C)C6)[nH]nc5n4)C[C@@H]32)n1. The van der Waals surface area contributed by atoms with Crippen LogP contribution in [0.2, 0.25) is 0 Å². The third-order valence-corrected chi connectivity index (χ3v) is 9.56. The summed E-state index contributed by atoms with van der Waals surface area (Å²) < 4.78 is 3.47. The number of nitrogens with one attached hydrogen (secondary N) is 1. The van der Waals surface area contributed by atoms with E-state index in [-0.39, 0.29) is 11.1 Å². The third kappa shape index (κ3) is 2.76. The molecule has 3 aliphatic rings. The van der Waals surface area contributed by atoms with E-state index in [1.54, 1.807) is 20.5 Å². The molecule has 2 fully saturated rings. The van der Waals surface area contributed by atoms with Crippen molar-refractivity contribution < 1.29 is 0 Å². The molecule has 4 aromatic heterocycles. The number of hydrogen-bond donors (Lipinski definition) is 2. The van der Waals surface area contributed by atoms with Crippen molar-refractivity contribution in [3.05, 3.63) is 55.9 Å². The van der Waals surface area contributed by atoms with E-state index < -0.39 is 0 Å². The number of aryl methyl sites for hydroxylation is 1. The van der Waals surface area contributed by atoms with Crippen molar-refractivity contribution in [1.29, 1.82) is 0 Å². The zero-order chi connectivity index (χ0) is 24.1. The van der Waals surface area contributed by atoms with Crippen LogP contribution in [0.3, 0.4) is 0 Å². The summed E-state index contributed by atoms with van der Waals surface area (Å²) in [4.78, 5) is 29.0. The van der Waals surface area contributed by atoms with Crippen molar-refractivity contribution in [3.8, 4) is 0 Å². The fraction of sp³-hybridized carbons (Fsp3) is 0.458. The lowest BCUT2D eigenvalue weighted by molar-refractivity contribution is 0.549. The number of hydrogen-bond acceptors (Lipinski definition) is 8. The lowest BCUT2D eigenvalue weighted by atomic mass is 9.97. The number of anilines is 1. The predicted octanol–water partition coefficient (Wildman–Crippen LogP) is 1.30. The molecular weight excluding hydrogens is 462 g/mol. The van der Waals surface area contributed by atoms with Crippen molar-refractivity contribution in [3.63, 3.8) is 0 Å². The summed E-state index contributed by atoms with van der Waals surface area (Å²) in [6, 6.07) is 0. The van der Waals surface area contributed by atoms with Crippen LogP contribution < -0.4 is 16.3 Å². The maximum atomic E-state index is 12.3. The van der Waals surface area contributed by atoms with Crippen molar-refractivity contribution in [2.45, 2.75) is 25.2 Å². The number of fused-ring (bicyclic) bond motifs is 3. The Balaban J connectivity index is 1.14. The van der Waals surface area contributed by atoms with Crippen LogP contribution in [0.25, 0.3) is 16.7 Å². The molecule has 4 aromatic rings. The Kier molecular flexibility index (Phi) is 4.27. The first-order valence-electron chi connectivity index (χ1n) is 11.9. The van der Waals surface area contributed by atoms with Gasteiger partial charge in [0.2, 0.25) is 5.65 Å². The van der Waals surface area contributed by atoms with Crippen LogP contribution in [-0.2, 0) is 32.4 Å². The predicted molar refractivity (Wildman–Crippen MR) is 134 cm³/mol. The zero-order valence-electron chi connectivity index (χ0n) is 19.9. The van der Waals surface area contributed by atoms with Gasteiger partial charge in [-0.1, -0.05) is 6.08 Å². The van der Waals surface area contributed by atoms with Crippen LogP contribution in [0.1, 0.15) is 27.8 Å². The zero-order valence-corrected chi connectivity index (χ0v) is 20.8. The summed E-state index contributed by atoms with van der Waals surface area (Å²) in [6.45, 7) is 4.50. The molecule has 3 atom stereocenters. The van der Waals surface area contributed by atoms with Gasteiger partial charge in [-0.3, -0.25) is 14.2 Å². The number of H-pyrrole nitrogens is 1. The van der Waals surface area contributed by atoms with Crippen LogP contribution in [0.5, 0.6) is 0 Å². The number of imidazole rings is 1. The largest absolute Gasteiger partial charge is 0.355 e. The highest BCUT2D eigenvalue weighted by molar-refractivity contribution is 7.09. The molecule has 1 saturated heterocycles. The summed E-state index contributed by atoms with van der Waals surface area (Å²) in [7, 11) is 3.66. The Bertz CT molecular complexity index is 1580. The Hall–Kier alpha value is -3.31. The van der Waals surface area contributed by atoms with E-state index in [1.165, 1.54) is 5.01 Å². The first-order valence-corrected chi connectivity index (χ1v) is 12.8. The molecule has 1 saturated carbocycles. The molecule has 0 bridgehead atoms. The maximum absolute atomic E-state index is 12.3. The van der Waals surface area contributed by atoms with Gasteiger partial charge in [-0.2, -0.15) is 5.10 Å². The Morgan fingerprint density at radius 3 is 2.69 bits per heavy atom. The van der Waals surface area contributed by atoms with Crippen LogP contribution in [0.15, 0.2) is 22.4 Å². The molecule has 35 heavy (non-hydrogen) atoms. The van der Waals surface area contributed by atoms with Gasteiger partial charge in [0.1, 0.15) is 16.3 Å². The van der Waals surface area contributed by atoms with Crippen molar-refractivity contribution >= 4 is 33.9 Å². The van der Waals surface area contributed by atoms with E-state index >= 15 is 0 Å². The molecule has 0 spiro atoms. The lowest BCUT2D eigenvalue weighted by Gasteiger charge is -2.25. The van der Waals surface area contributed by atoms with Crippen LogP contribution >= 0.6 is 11.3 Å². The van der Waals surface area contributed by atoms with Gasteiger partial charge in [-0.15, -0.1) is 11.3 Å². The smallest absolute Gasteiger partial charge is 0.328 e. The van der Waals surface area contributed by atoms with Gasteiger partial charge in [0.05, 0.1) is 11.9 Å². The van der Waals surface area contributed by atoms with Gasteiger partial charge >= 0.3 is 5.69 Å². The molecule has 0 aromatic carbocycles. The molecule has 2 aliphatic carbocycles. The second-order valence-electron chi connectivity index (χ2n) is 10.1. The number of nitrogens with zero attached hydrogens (tertiary/aromatic N) is 7. The number of thiazole rings is 1. The number of piperidine rings is 1. The van der Waals surface area contributed by atoms with Gasteiger partial charge in [0.15, 0.2) is 0 Å². The summed E-state index contributed by atoms with van der Waals surface area (Å²) in [5, 5.41) is 10.9. The van der Waals surface area contributed by atoms with Gasteiger partial charge in [0, 0.05) is 74.4 Å². The van der Waals surface area contributed by atoms with Crippen molar-refractivity contribution in [2.24, 2.45) is 31.7 Å². The van der Waals surface area contributed by atoms with Crippen LogP contribution in [0.4, 0.5) is 5.82 Å². The number of rotatable bonds is 4. The van der Waals surface area contributed by atoms with E-state index in [0.29, 0.717) is 36.9 Å². The summed E-state index contributed by atoms with van der Waals surface area (Å²) >= 11 is 1.74. The molecule has 10 nitrogen and oxygen atoms in total. The van der Waals surface area contributed by atoms with Crippen molar-refractivity contribution in [1.82, 2.24) is 34.3 Å². The maximum Gasteiger partial charge on any atom is 0.328 e.